The molecule has 0 amide bonds. The molecular weight excluding hydrogens is 248 g/mol. The van der Waals surface area contributed by atoms with Gasteiger partial charge in [0.05, 0.1) is 4.92 Å². The third-order valence-corrected chi connectivity index (χ3v) is 3.35. The lowest BCUT2D eigenvalue weighted by molar-refractivity contribution is -0.385. The maximum Gasteiger partial charge on any atom is 0.288 e. The Morgan fingerprint density at radius 3 is 2.44 bits per heavy atom. The molecule has 0 N–H and O–H groups in total. The number of nitrogens with zero attached hydrogens (tertiary/aromatic N) is 2. The van der Waals surface area contributed by atoms with E-state index < -0.39 is 4.92 Å². The van der Waals surface area contributed by atoms with Gasteiger partial charge in [-0.25, -0.2) is 0 Å². The van der Waals surface area contributed by atoms with E-state index in [0.717, 1.165) is 4.90 Å². The van der Waals surface area contributed by atoms with Crippen LogP contribution in [0.5, 0.6) is 0 Å². The molecule has 0 aliphatic carbocycles. The smallest absolute Gasteiger partial charge is 0.258 e. The van der Waals surface area contributed by atoms with Crippen molar-refractivity contribution in [2.45, 2.75) is 9.79 Å². The summed E-state index contributed by atoms with van der Waals surface area (Å²) >= 11 is 1.34. The van der Waals surface area contributed by atoms with E-state index in [2.05, 4.69) is 0 Å². The number of nitro benzene ring substituents is 1. The number of benzene rings is 2. The minimum atomic E-state index is -0.534. The Kier molecular flexibility index (Phi) is 3.60. The molecule has 2 aromatic rings. The van der Waals surface area contributed by atoms with Gasteiger partial charge in [-0.1, -0.05) is 36.0 Å². The number of nitriles is 1. The quantitative estimate of drug-likeness (QED) is 0.621. The summed E-state index contributed by atoms with van der Waals surface area (Å²) in [4.78, 5) is 11.8. The first-order chi connectivity index (χ1) is 8.72. The van der Waals surface area contributed by atoms with Crippen LogP contribution in [-0.4, -0.2) is 4.92 Å². The van der Waals surface area contributed by atoms with Gasteiger partial charge < -0.3 is 0 Å². The molecule has 0 spiro atoms. The molecule has 0 aliphatic heterocycles. The Morgan fingerprint density at radius 1 is 1.11 bits per heavy atom. The number of hydrogen-bond donors (Lipinski definition) is 0. The summed E-state index contributed by atoms with van der Waals surface area (Å²) < 4.78 is 0. The van der Waals surface area contributed by atoms with E-state index in [1.807, 2.05) is 36.4 Å². The molecule has 0 atom stereocenters. The summed E-state index contributed by atoms with van der Waals surface area (Å²) in [5, 5.41) is 19.9. The molecule has 4 nitrogen and oxygen atoms in total. The predicted octanol–water partition coefficient (Wildman–Crippen LogP) is 3.62. The van der Waals surface area contributed by atoms with Gasteiger partial charge in [-0.2, -0.15) is 5.26 Å². The van der Waals surface area contributed by atoms with Crippen molar-refractivity contribution in [3.63, 3.8) is 0 Å². The van der Waals surface area contributed by atoms with Crippen LogP contribution >= 0.6 is 11.8 Å². The van der Waals surface area contributed by atoms with E-state index in [-0.39, 0.29) is 11.3 Å². The van der Waals surface area contributed by atoms with Crippen molar-refractivity contribution in [3.05, 3.63) is 64.2 Å². The van der Waals surface area contributed by atoms with E-state index in [9.17, 15) is 10.1 Å². The monoisotopic (exact) mass is 256 g/mol. The fraction of sp³-hybridized carbons (Fsp3) is 0. The van der Waals surface area contributed by atoms with Crippen molar-refractivity contribution in [2.75, 3.05) is 0 Å². The zero-order valence-electron chi connectivity index (χ0n) is 9.24. The molecule has 18 heavy (non-hydrogen) atoms. The first-order valence-electron chi connectivity index (χ1n) is 5.13. The highest BCUT2D eigenvalue weighted by Crippen LogP contribution is 2.33. The molecule has 0 heterocycles. The van der Waals surface area contributed by atoms with Crippen molar-refractivity contribution in [1.82, 2.24) is 0 Å². The first-order valence-corrected chi connectivity index (χ1v) is 5.94. The Hall–Kier alpha value is -2.32. The van der Waals surface area contributed by atoms with Gasteiger partial charge in [0.2, 0.25) is 0 Å². The van der Waals surface area contributed by atoms with Crippen LogP contribution < -0.4 is 0 Å². The van der Waals surface area contributed by atoms with Crippen molar-refractivity contribution in [3.8, 4) is 6.07 Å². The molecule has 2 aromatic carbocycles. The van der Waals surface area contributed by atoms with Crippen molar-refractivity contribution in [2.24, 2.45) is 0 Å². The van der Waals surface area contributed by atoms with Crippen LogP contribution in [-0.2, 0) is 0 Å². The highest BCUT2D eigenvalue weighted by atomic mass is 32.2. The molecule has 2 rings (SSSR count). The van der Waals surface area contributed by atoms with Gasteiger partial charge in [-0.15, -0.1) is 0 Å². The minimum Gasteiger partial charge on any atom is -0.258 e. The van der Waals surface area contributed by atoms with E-state index in [1.54, 1.807) is 12.1 Å². The maximum atomic E-state index is 10.8. The van der Waals surface area contributed by atoms with Crippen LogP contribution in [0.2, 0.25) is 0 Å². The van der Waals surface area contributed by atoms with Gasteiger partial charge in [0, 0.05) is 15.9 Å². The second-order valence-corrected chi connectivity index (χ2v) is 4.55. The molecule has 0 aromatic heterocycles. The summed E-state index contributed by atoms with van der Waals surface area (Å²) in [6.07, 6.45) is 0. The summed E-state index contributed by atoms with van der Waals surface area (Å²) in [6, 6.07) is 16.0. The Labute approximate surface area is 108 Å². The van der Waals surface area contributed by atoms with Crippen LogP contribution in [0.4, 0.5) is 5.69 Å². The van der Waals surface area contributed by atoms with Gasteiger partial charge in [-0.3, -0.25) is 10.1 Å². The van der Waals surface area contributed by atoms with Gasteiger partial charge in [-0.05, 0) is 18.2 Å². The maximum absolute atomic E-state index is 10.8. The van der Waals surface area contributed by atoms with Crippen LogP contribution in [0.1, 0.15) is 5.56 Å². The molecule has 0 bridgehead atoms. The van der Waals surface area contributed by atoms with Gasteiger partial charge in [0.15, 0.2) is 0 Å². The van der Waals surface area contributed by atoms with E-state index in [1.165, 1.54) is 17.8 Å². The summed E-state index contributed by atoms with van der Waals surface area (Å²) in [5.74, 6) is 0. The van der Waals surface area contributed by atoms with Gasteiger partial charge >= 0.3 is 0 Å². The molecule has 88 valence electrons. The Morgan fingerprint density at radius 2 is 1.83 bits per heavy atom. The lowest BCUT2D eigenvalue weighted by atomic mass is 10.2. The fourth-order valence-electron chi connectivity index (χ4n) is 1.48. The van der Waals surface area contributed by atoms with Crippen LogP contribution in [0, 0.1) is 21.4 Å². The summed E-state index contributed by atoms with van der Waals surface area (Å²) in [5.41, 5.74) is -0.0465. The lowest BCUT2D eigenvalue weighted by Crippen LogP contribution is -1.93. The van der Waals surface area contributed by atoms with Gasteiger partial charge in [0.1, 0.15) is 11.6 Å². The van der Waals surface area contributed by atoms with E-state index in [0.29, 0.717) is 4.90 Å². The van der Waals surface area contributed by atoms with Crippen LogP contribution in [0.15, 0.2) is 58.3 Å². The highest BCUT2D eigenvalue weighted by molar-refractivity contribution is 7.99. The largest absolute Gasteiger partial charge is 0.288 e. The average molecular weight is 256 g/mol. The zero-order chi connectivity index (χ0) is 13.0. The SMILES string of the molecule is N#Cc1c(Sc2ccccc2)cccc1[N+](=O)[O-]. The average Bonchev–Trinajstić information content (AvgIpc) is 2.39. The molecule has 0 saturated carbocycles. The molecular formula is C13H8N2O2S. The van der Waals surface area contributed by atoms with E-state index in [4.69, 9.17) is 5.26 Å². The van der Waals surface area contributed by atoms with Crippen LogP contribution in [0.3, 0.4) is 0 Å². The second-order valence-electron chi connectivity index (χ2n) is 3.43. The first kappa shape index (κ1) is 12.1. The second kappa shape index (κ2) is 5.34. The van der Waals surface area contributed by atoms with Crippen molar-refractivity contribution >= 4 is 17.4 Å². The third-order valence-electron chi connectivity index (χ3n) is 2.28. The minimum absolute atomic E-state index is 0.108. The standard InChI is InChI=1S/C13H8N2O2S/c14-9-11-12(15(16)17)7-4-8-13(11)18-10-5-2-1-3-6-10/h1-8H. The number of nitro groups is 1. The molecule has 0 unspecified atom stereocenters. The van der Waals surface area contributed by atoms with Gasteiger partial charge in [0.25, 0.3) is 5.69 Å². The summed E-state index contributed by atoms with van der Waals surface area (Å²) in [6.45, 7) is 0. The highest BCUT2D eigenvalue weighted by Gasteiger charge is 2.17. The molecule has 0 fully saturated rings. The Bertz CT molecular complexity index is 621. The third kappa shape index (κ3) is 2.50. The number of hydrogen-bond acceptors (Lipinski definition) is 4. The molecule has 0 aliphatic rings. The molecule has 0 saturated heterocycles. The van der Waals surface area contributed by atoms with Crippen LogP contribution in [0.25, 0.3) is 0 Å². The number of rotatable bonds is 3. The lowest BCUT2D eigenvalue weighted by Gasteiger charge is -2.03. The topological polar surface area (TPSA) is 66.9 Å². The van der Waals surface area contributed by atoms with Crippen molar-refractivity contribution in [1.29, 1.82) is 5.26 Å². The normalized spacial score (nSPS) is 9.72. The summed E-state index contributed by atoms with van der Waals surface area (Å²) in [7, 11) is 0. The molecule has 0 radical (unpaired) electrons. The fourth-order valence-corrected chi connectivity index (χ4v) is 2.43. The zero-order valence-corrected chi connectivity index (χ0v) is 10.1. The molecule has 5 heteroatoms. The van der Waals surface area contributed by atoms with Crippen molar-refractivity contribution < 1.29 is 4.92 Å². The Balaban J connectivity index is 2.43. The predicted molar refractivity (Wildman–Crippen MR) is 68.4 cm³/mol. The van der Waals surface area contributed by atoms with E-state index >= 15 is 0 Å².